The fourth-order valence-electron chi connectivity index (χ4n) is 5.33. The summed E-state index contributed by atoms with van der Waals surface area (Å²) in [6.45, 7) is 2.96. The Morgan fingerprint density at radius 2 is 1.69 bits per heavy atom. The number of pyridine rings is 1. The topological polar surface area (TPSA) is 65.5 Å². The summed E-state index contributed by atoms with van der Waals surface area (Å²) >= 11 is 0. The Balaban J connectivity index is 1.24. The van der Waals surface area contributed by atoms with Gasteiger partial charge < -0.3 is 4.90 Å². The van der Waals surface area contributed by atoms with Gasteiger partial charge in [0.05, 0.1) is 22.3 Å². The summed E-state index contributed by atoms with van der Waals surface area (Å²) in [6, 6.07) is 19.5. The lowest BCUT2D eigenvalue weighted by molar-refractivity contribution is 0.0773. The van der Waals surface area contributed by atoms with Crippen LogP contribution >= 0.6 is 0 Å². The van der Waals surface area contributed by atoms with Gasteiger partial charge in [0.25, 0.3) is 10.0 Å². The van der Waals surface area contributed by atoms with Gasteiger partial charge in [-0.1, -0.05) is 18.6 Å². The van der Waals surface area contributed by atoms with E-state index in [9.17, 15) is 12.8 Å². The first-order valence-electron chi connectivity index (χ1n) is 12.3. The molecule has 2 fully saturated rings. The number of nitrogens with one attached hydrogen (secondary N) is 1. The molecule has 184 valence electrons. The van der Waals surface area contributed by atoms with Gasteiger partial charge in [-0.3, -0.25) is 14.6 Å². The Morgan fingerprint density at radius 3 is 2.43 bits per heavy atom. The van der Waals surface area contributed by atoms with E-state index >= 15 is 0 Å². The Hall–Kier alpha value is -2.97. The third-order valence-electron chi connectivity index (χ3n) is 7.09. The molecule has 1 aromatic heterocycles. The molecule has 6 nitrogen and oxygen atoms in total. The van der Waals surface area contributed by atoms with Crippen molar-refractivity contribution in [1.82, 2.24) is 9.88 Å². The van der Waals surface area contributed by atoms with Gasteiger partial charge in [0.15, 0.2) is 0 Å². The first-order chi connectivity index (χ1) is 17.0. The average Bonchev–Trinajstić information content (AvgIpc) is 2.89. The van der Waals surface area contributed by atoms with Crippen molar-refractivity contribution in [1.29, 1.82) is 0 Å². The molecule has 0 bridgehead atoms. The van der Waals surface area contributed by atoms with E-state index in [1.807, 2.05) is 30.5 Å². The van der Waals surface area contributed by atoms with Crippen LogP contribution in [0.1, 0.15) is 43.8 Å². The van der Waals surface area contributed by atoms with Crippen molar-refractivity contribution in [2.24, 2.45) is 0 Å². The number of sulfonamides is 1. The molecule has 5 rings (SSSR count). The second-order valence-corrected chi connectivity index (χ2v) is 11.0. The van der Waals surface area contributed by atoms with E-state index in [-0.39, 0.29) is 4.90 Å². The molecular formula is C27H31FN4O2S. The smallest absolute Gasteiger partial charge is 0.261 e. The Kier molecular flexibility index (Phi) is 7.02. The highest BCUT2D eigenvalue weighted by Crippen LogP contribution is 2.35. The fraction of sp³-hybridized carbons (Fsp3) is 0.370. The molecule has 1 atom stereocenters. The van der Waals surface area contributed by atoms with Gasteiger partial charge in [-0.2, -0.15) is 0 Å². The lowest BCUT2D eigenvalue weighted by Crippen LogP contribution is -2.48. The summed E-state index contributed by atoms with van der Waals surface area (Å²) in [5, 5.41) is 0. The van der Waals surface area contributed by atoms with E-state index in [2.05, 4.69) is 31.6 Å². The number of piperidine rings is 2. The Labute approximate surface area is 206 Å². The molecule has 35 heavy (non-hydrogen) atoms. The lowest BCUT2D eigenvalue weighted by atomic mass is 9.93. The van der Waals surface area contributed by atoms with Crippen LogP contribution in [0.3, 0.4) is 0 Å². The van der Waals surface area contributed by atoms with Crippen LogP contribution < -0.4 is 9.62 Å². The summed E-state index contributed by atoms with van der Waals surface area (Å²) in [5.74, 6) is -0.467. The maximum absolute atomic E-state index is 13.2. The van der Waals surface area contributed by atoms with Crippen molar-refractivity contribution in [2.45, 2.75) is 49.1 Å². The quantitative estimate of drug-likeness (QED) is 0.509. The minimum Gasteiger partial charge on any atom is -0.371 e. The van der Waals surface area contributed by atoms with Crippen LogP contribution in [-0.4, -0.2) is 44.0 Å². The zero-order valence-electron chi connectivity index (χ0n) is 19.7. The van der Waals surface area contributed by atoms with Gasteiger partial charge in [-0.05, 0) is 86.8 Å². The first-order valence-corrected chi connectivity index (χ1v) is 13.8. The molecule has 0 amide bonds. The highest BCUT2D eigenvalue weighted by Gasteiger charge is 2.32. The van der Waals surface area contributed by atoms with E-state index < -0.39 is 15.8 Å². The molecule has 0 aliphatic carbocycles. The SMILES string of the molecule is O=S(=O)(Nc1cccc(N2CCC(N3CCCCC3c3ccccn3)CC2)c1)c1ccc(F)cc1. The van der Waals surface area contributed by atoms with E-state index in [0.29, 0.717) is 17.8 Å². The van der Waals surface area contributed by atoms with E-state index in [1.54, 1.807) is 6.07 Å². The molecule has 1 unspecified atom stereocenters. The van der Waals surface area contributed by atoms with Crippen LogP contribution in [0.15, 0.2) is 77.8 Å². The van der Waals surface area contributed by atoms with Crippen LogP contribution in [0.25, 0.3) is 0 Å². The number of anilines is 2. The van der Waals surface area contributed by atoms with Crippen molar-refractivity contribution < 1.29 is 12.8 Å². The largest absolute Gasteiger partial charge is 0.371 e. The van der Waals surface area contributed by atoms with E-state index in [4.69, 9.17) is 0 Å². The molecule has 2 aliphatic heterocycles. The second kappa shape index (κ2) is 10.3. The molecule has 8 heteroatoms. The van der Waals surface area contributed by atoms with Gasteiger partial charge in [-0.15, -0.1) is 0 Å². The van der Waals surface area contributed by atoms with Crippen molar-refractivity contribution in [3.8, 4) is 0 Å². The standard InChI is InChI=1S/C27H31FN4O2S/c28-21-10-12-25(13-11-21)35(33,34)30-22-6-5-7-24(20-22)31-18-14-23(15-19-31)32-17-4-2-9-27(32)26-8-1-3-16-29-26/h1,3,5-8,10-13,16,20,23,27,30H,2,4,9,14-15,17-19H2. The summed E-state index contributed by atoms with van der Waals surface area (Å²) in [5.41, 5.74) is 2.68. The number of nitrogens with zero attached hydrogens (tertiary/aromatic N) is 3. The zero-order chi connectivity index (χ0) is 24.3. The minimum atomic E-state index is -3.78. The number of likely N-dealkylation sites (tertiary alicyclic amines) is 1. The minimum absolute atomic E-state index is 0.0362. The van der Waals surface area contributed by atoms with Crippen LogP contribution in [0.5, 0.6) is 0 Å². The maximum atomic E-state index is 13.2. The number of rotatable bonds is 6. The molecule has 0 spiro atoms. The number of benzene rings is 2. The van der Waals surface area contributed by atoms with Gasteiger partial charge in [0, 0.05) is 31.0 Å². The van der Waals surface area contributed by atoms with Crippen LogP contribution in [0, 0.1) is 5.82 Å². The average molecular weight is 495 g/mol. The molecule has 0 saturated carbocycles. The predicted molar refractivity (Wildman–Crippen MR) is 136 cm³/mol. The number of aromatic nitrogens is 1. The van der Waals surface area contributed by atoms with Gasteiger partial charge in [0.1, 0.15) is 5.82 Å². The number of halogens is 1. The van der Waals surface area contributed by atoms with Crippen molar-refractivity contribution in [2.75, 3.05) is 29.3 Å². The molecule has 3 aromatic rings. The maximum Gasteiger partial charge on any atom is 0.261 e. The molecule has 1 N–H and O–H groups in total. The summed E-state index contributed by atoms with van der Waals surface area (Å²) in [7, 11) is -3.78. The monoisotopic (exact) mass is 494 g/mol. The van der Waals surface area contributed by atoms with Crippen LogP contribution in [-0.2, 0) is 10.0 Å². The van der Waals surface area contributed by atoms with Gasteiger partial charge in [0.2, 0.25) is 0 Å². The second-order valence-electron chi connectivity index (χ2n) is 9.33. The van der Waals surface area contributed by atoms with Crippen LogP contribution in [0.4, 0.5) is 15.8 Å². The Morgan fingerprint density at radius 1 is 0.886 bits per heavy atom. The zero-order valence-corrected chi connectivity index (χ0v) is 20.5. The van der Waals surface area contributed by atoms with Crippen molar-refractivity contribution >= 4 is 21.4 Å². The molecule has 2 aliphatic rings. The summed E-state index contributed by atoms with van der Waals surface area (Å²) in [6.07, 6.45) is 7.66. The fourth-order valence-corrected chi connectivity index (χ4v) is 6.38. The predicted octanol–water partition coefficient (Wildman–Crippen LogP) is 5.22. The number of hydrogen-bond donors (Lipinski definition) is 1. The molecule has 3 heterocycles. The molecule has 2 aromatic carbocycles. The normalized spacial score (nSPS) is 20.0. The first kappa shape index (κ1) is 23.8. The third-order valence-corrected chi connectivity index (χ3v) is 8.49. The van der Waals surface area contributed by atoms with Crippen molar-refractivity contribution in [3.63, 3.8) is 0 Å². The van der Waals surface area contributed by atoms with E-state index in [0.717, 1.165) is 56.7 Å². The molecule has 0 radical (unpaired) electrons. The summed E-state index contributed by atoms with van der Waals surface area (Å²) in [4.78, 5) is 9.67. The third kappa shape index (κ3) is 5.49. The molecule has 2 saturated heterocycles. The highest BCUT2D eigenvalue weighted by molar-refractivity contribution is 7.92. The number of hydrogen-bond acceptors (Lipinski definition) is 5. The van der Waals surface area contributed by atoms with Gasteiger partial charge >= 0.3 is 0 Å². The van der Waals surface area contributed by atoms with Crippen molar-refractivity contribution in [3.05, 3.63) is 84.4 Å². The lowest BCUT2D eigenvalue weighted by Gasteiger charge is -2.45. The molecular weight excluding hydrogens is 463 g/mol. The van der Waals surface area contributed by atoms with Crippen LogP contribution in [0.2, 0.25) is 0 Å². The summed E-state index contributed by atoms with van der Waals surface area (Å²) < 4.78 is 41.2. The van der Waals surface area contributed by atoms with Gasteiger partial charge in [-0.25, -0.2) is 12.8 Å². The Bertz CT molecular complexity index is 1230. The van der Waals surface area contributed by atoms with E-state index in [1.165, 1.54) is 30.7 Å². The highest BCUT2D eigenvalue weighted by atomic mass is 32.2.